The van der Waals surface area contributed by atoms with Gasteiger partial charge >= 0.3 is 0 Å². The molecule has 0 fully saturated rings. The zero-order chi connectivity index (χ0) is 15.2. The van der Waals surface area contributed by atoms with E-state index >= 15 is 0 Å². The molecule has 2 nitrogen and oxygen atoms in total. The number of nitrogens with one attached hydrogen (secondary N) is 1. The molecule has 0 unspecified atom stereocenters. The lowest BCUT2D eigenvalue weighted by Gasteiger charge is -2.22. The van der Waals surface area contributed by atoms with E-state index < -0.39 is 0 Å². The quantitative estimate of drug-likeness (QED) is 0.855. The van der Waals surface area contributed by atoms with Crippen molar-refractivity contribution in [1.82, 2.24) is 0 Å². The van der Waals surface area contributed by atoms with Crippen molar-refractivity contribution >= 4 is 11.6 Å². The van der Waals surface area contributed by atoms with Crippen molar-refractivity contribution in [2.24, 2.45) is 5.92 Å². The summed E-state index contributed by atoms with van der Waals surface area (Å²) in [6.45, 7) is 4.12. The van der Waals surface area contributed by atoms with Crippen molar-refractivity contribution in [3.8, 4) is 0 Å². The summed E-state index contributed by atoms with van der Waals surface area (Å²) in [7, 11) is 0. The highest BCUT2D eigenvalue weighted by molar-refractivity contribution is 5.96. The van der Waals surface area contributed by atoms with Gasteiger partial charge in [0.2, 0.25) is 5.91 Å². The van der Waals surface area contributed by atoms with Crippen LogP contribution in [0.2, 0.25) is 0 Å². The minimum atomic E-state index is -0.354. The third-order valence-corrected chi connectivity index (χ3v) is 3.75. The number of hydrogen-bond donors (Lipinski definition) is 1. The lowest BCUT2D eigenvalue weighted by atomic mass is 9.85. The number of carbonyl (C=O) groups is 1. The first kappa shape index (κ1) is 15.2. The van der Waals surface area contributed by atoms with Crippen molar-refractivity contribution in [2.75, 3.05) is 5.32 Å². The molecule has 21 heavy (non-hydrogen) atoms. The minimum absolute atomic E-state index is 0.0962. The topological polar surface area (TPSA) is 29.1 Å². The molecule has 0 spiro atoms. The fourth-order valence-electron chi connectivity index (χ4n) is 2.42. The molecule has 0 radical (unpaired) electrons. The fourth-order valence-corrected chi connectivity index (χ4v) is 2.42. The Morgan fingerprint density at radius 1 is 1.14 bits per heavy atom. The summed E-state index contributed by atoms with van der Waals surface area (Å²) < 4.78 is 13.2. The number of carbonyl (C=O) groups excluding carboxylic acids is 1. The molecule has 0 bridgehead atoms. The second-order valence-electron chi connectivity index (χ2n) is 5.27. The maximum Gasteiger partial charge on any atom is 0.232 e. The highest BCUT2D eigenvalue weighted by Gasteiger charge is 2.25. The largest absolute Gasteiger partial charge is 0.325 e. The first-order valence-corrected chi connectivity index (χ1v) is 7.23. The van der Waals surface area contributed by atoms with Gasteiger partial charge in [0.05, 0.1) is 5.92 Å². The number of halogens is 1. The van der Waals surface area contributed by atoms with E-state index in [0.717, 1.165) is 12.0 Å². The van der Waals surface area contributed by atoms with E-state index in [4.69, 9.17) is 0 Å². The van der Waals surface area contributed by atoms with Gasteiger partial charge in [0.1, 0.15) is 5.82 Å². The molecule has 1 amide bonds. The first-order chi connectivity index (χ1) is 10.1. The standard InChI is InChI=1S/C18H20FNO/c1-3-13(2)17(14-8-5-4-6-9-14)18(21)20-16-11-7-10-15(19)12-16/h4-13,17H,3H2,1-2H3,(H,20,21)/t13-,17+/m0/s1. The lowest BCUT2D eigenvalue weighted by Crippen LogP contribution is -2.26. The van der Waals surface area contributed by atoms with Gasteiger partial charge in [-0.3, -0.25) is 4.79 Å². The molecule has 0 aliphatic rings. The molecule has 2 aromatic rings. The van der Waals surface area contributed by atoms with Crippen molar-refractivity contribution < 1.29 is 9.18 Å². The molecule has 0 saturated heterocycles. The average Bonchev–Trinajstić information content (AvgIpc) is 2.48. The third-order valence-electron chi connectivity index (χ3n) is 3.75. The SMILES string of the molecule is CC[C@H](C)[C@@H](C(=O)Nc1cccc(F)c1)c1ccccc1. The molecular weight excluding hydrogens is 265 g/mol. The van der Waals surface area contributed by atoms with Crippen LogP contribution in [0, 0.1) is 11.7 Å². The van der Waals surface area contributed by atoms with E-state index in [1.54, 1.807) is 12.1 Å². The smallest absolute Gasteiger partial charge is 0.232 e. The number of rotatable bonds is 5. The predicted molar refractivity (Wildman–Crippen MR) is 83.7 cm³/mol. The molecule has 1 N–H and O–H groups in total. The Hall–Kier alpha value is -2.16. The summed E-state index contributed by atoms with van der Waals surface area (Å²) in [5.41, 5.74) is 1.48. The fraction of sp³-hybridized carbons (Fsp3) is 0.278. The maximum atomic E-state index is 13.2. The lowest BCUT2D eigenvalue weighted by molar-refractivity contribution is -0.118. The van der Waals surface area contributed by atoms with Crippen LogP contribution < -0.4 is 5.32 Å². The highest BCUT2D eigenvalue weighted by Crippen LogP contribution is 2.28. The third kappa shape index (κ3) is 3.91. The molecule has 3 heteroatoms. The van der Waals surface area contributed by atoms with Gasteiger partial charge in [-0.1, -0.05) is 56.7 Å². The van der Waals surface area contributed by atoms with E-state index in [-0.39, 0.29) is 23.6 Å². The van der Waals surface area contributed by atoms with Crippen LogP contribution in [0.3, 0.4) is 0 Å². The summed E-state index contributed by atoms with van der Waals surface area (Å²) >= 11 is 0. The number of amides is 1. The van der Waals surface area contributed by atoms with Crippen LogP contribution in [0.5, 0.6) is 0 Å². The summed E-state index contributed by atoms with van der Waals surface area (Å²) in [6, 6.07) is 15.7. The van der Waals surface area contributed by atoms with Crippen LogP contribution >= 0.6 is 0 Å². The molecule has 2 atom stereocenters. The molecule has 2 rings (SSSR count). The van der Waals surface area contributed by atoms with E-state index in [1.807, 2.05) is 30.3 Å². The van der Waals surface area contributed by atoms with Crippen molar-refractivity contribution in [3.05, 3.63) is 66.0 Å². The zero-order valence-electron chi connectivity index (χ0n) is 12.3. The van der Waals surface area contributed by atoms with Crippen molar-refractivity contribution in [3.63, 3.8) is 0 Å². The van der Waals surface area contributed by atoms with Crippen molar-refractivity contribution in [2.45, 2.75) is 26.2 Å². The van der Waals surface area contributed by atoms with Gasteiger partial charge in [-0.15, -0.1) is 0 Å². The van der Waals surface area contributed by atoms with Gasteiger partial charge in [-0.05, 0) is 29.7 Å². The minimum Gasteiger partial charge on any atom is -0.325 e. The van der Waals surface area contributed by atoms with E-state index in [2.05, 4.69) is 19.2 Å². The van der Waals surface area contributed by atoms with E-state index in [1.165, 1.54) is 12.1 Å². The Morgan fingerprint density at radius 3 is 2.48 bits per heavy atom. The second kappa shape index (κ2) is 7.02. The number of hydrogen-bond acceptors (Lipinski definition) is 1. The Morgan fingerprint density at radius 2 is 1.86 bits per heavy atom. The van der Waals surface area contributed by atoms with Crippen LogP contribution in [0.1, 0.15) is 31.7 Å². The van der Waals surface area contributed by atoms with Crippen LogP contribution in [0.4, 0.5) is 10.1 Å². The van der Waals surface area contributed by atoms with Crippen LogP contribution in [0.25, 0.3) is 0 Å². The summed E-state index contributed by atoms with van der Waals surface area (Å²) in [6.07, 6.45) is 0.899. The van der Waals surface area contributed by atoms with E-state index in [0.29, 0.717) is 5.69 Å². The number of anilines is 1. The van der Waals surface area contributed by atoms with Crippen LogP contribution in [0.15, 0.2) is 54.6 Å². The molecule has 2 aromatic carbocycles. The summed E-state index contributed by atoms with van der Waals surface area (Å²) in [4.78, 5) is 12.6. The Bertz CT molecular complexity index is 597. The van der Waals surface area contributed by atoms with Gasteiger partial charge in [0.25, 0.3) is 0 Å². The average molecular weight is 285 g/mol. The van der Waals surface area contributed by atoms with E-state index in [9.17, 15) is 9.18 Å². The monoisotopic (exact) mass is 285 g/mol. The molecule has 0 saturated carbocycles. The predicted octanol–water partition coefficient (Wildman–Crippen LogP) is 4.59. The Balaban J connectivity index is 2.23. The Kier molecular flexibility index (Phi) is 5.09. The molecule has 0 heterocycles. The van der Waals surface area contributed by atoms with Crippen LogP contribution in [-0.4, -0.2) is 5.91 Å². The molecule has 0 aliphatic carbocycles. The van der Waals surface area contributed by atoms with Crippen molar-refractivity contribution in [1.29, 1.82) is 0 Å². The molecule has 110 valence electrons. The molecule has 0 aliphatic heterocycles. The normalized spacial score (nSPS) is 13.5. The molecule has 0 aromatic heterocycles. The summed E-state index contributed by atoms with van der Waals surface area (Å²) in [5, 5.41) is 2.82. The maximum absolute atomic E-state index is 13.2. The Labute approximate surface area is 125 Å². The number of benzene rings is 2. The second-order valence-corrected chi connectivity index (χ2v) is 5.27. The van der Waals surface area contributed by atoms with Gasteiger partial charge < -0.3 is 5.32 Å². The van der Waals surface area contributed by atoms with Gasteiger partial charge in [0.15, 0.2) is 0 Å². The summed E-state index contributed by atoms with van der Waals surface area (Å²) in [5.74, 6) is -0.478. The highest BCUT2D eigenvalue weighted by atomic mass is 19.1. The first-order valence-electron chi connectivity index (χ1n) is 7.23. The van der Waals surface area contributed by atoms with Gasteiger partial charge in [0, 0.05) is 5.69 Å². The van der Waals surface area contributed by atoms with Gasteiger partial charge in [-0.2, -0.15) is 0 Å². The molecular formula is C18H20FNO. The van der Waals surface area contributed by atoms with Gasteiger partial charge in [-0.25, -0.2) is 4.39 Å². The zero-order valence-corrected chi connectivity index (χ0v) is 12.3. The van der Waals surface area contributed by atoms with Crippen LogP contribution in [-0.2, 0) is 4.79 Å².